The first-order valence-corrected chi connectivity index (χ1v) is 6.67. The number of methoxy groups -OCH3 is 1. The molecule has 2 aliphatic carbocycles. The summed E-state index contributed by atoms with van der Waals surface area (Å²) < 4.78 is 4.94. The lowest BCUT2D eigenvalue weighted by Crippen LogP contribution is -2.13. The Hall–Kier alpha value is -1.28. The predicted octanol–water partition coefficient (Wildman–Crippen LogP) is 3.70. The number of ether oxygens (including phenoxy) is 1. The third kappa shape index (κ3) is 1.76. The SMILES string of the molecule is COC(=O)C1=C(c2ccc(Cl)cc2)C2CCC1C2. The summed E-state index contributed by atoms with van der Waals surface area (Å²) in [5.41, 5.74) is 3.21. The van der Waals surface area contributed by atoms with Crippen LogP contribution in [0.15, 0.2) is 29.8 Å². The van der Waals surface area contributed by atoms with Crippen molar-refractivity contribution in [3.8, 4) is 0 Å². The first-order chi connectivity index (χ1) is 8.70. The van der Waals surface area contributed by atoms with Gasteiger partial charge >= 0.3 is 5.97 Å². The van der Waals surface area contributed by atoms with Gasteiger partial charge in [-0.3, -0.25) is 0 Å². The second-order valence-corrected chi connectivity index (χ2v) is 5.47. The summed E-state index contributed by atoms with van der Waals surface area (Å²) in [5, 5.41) is 0.724. The molecule has 0 aromatic heterocycles. The molecule has 0 saturated heterocycles. The molecule has 0 spiro atoms. The largest absolute Gasteiger partial charge is 0.466 e. The molecule has 3 rings (SSSR count). The van der Waals surface area contributed by atoms with E-state index in [1.165, 1.54) is 19.1 Å². The maximum Gasteiger partial charge on any atom is 0.334 e. The minimum absolute atomic E-state index is 0.160. The number of esters is 1. The van der Waals surface area contributed by atoms with E-state index in [9.17, 15) is 4.79 Å². The molecule has 2 nitrogen and oxygen atoms in total. The number of hydrogen-bond donors (Lipinski definition) is 0. The Balaban J connectivity index is 2.08. The topological polar surface area (TPSA) is 26.3 Å². The average molecular weight is 263 g/mol. The van der Waals surface area contributed by atoms with Crippen LogP contribution in [-0.2, 0) is 9.53 Å². The van der Waals surface area contributed by atoms with Crippen LogP contribution in [0.4, 0.5) is 0 Å². The standard InChI is InChI=1S/C15H15ClO2/c1-18-15(17)14-11-3-2-10(8-11)13(14)9-4-6-12(16)7-5-9/h4-7,10-11H,2-3,8H2,1H3. The van der Waals surface area contributed by atoms with Gasteiger partial charge in [-0.05, 0) is 54.4 Å². The van der Waals surface area contributed by atoms with Crippen molar-refractivity contribution in [2.75, 3.05) is 7.11 Å². The third-order valence-corrected chi connectivity index (χ3v) is 4.35. The summed E-state index contributed by atoms with van der Waals surface area (Å²) in [7, 11) is 1.46. The van der Waals surface area contributed by atoms with Crippen molar-refractivity contribution in [3.05, 3.63) is 40.4 Å². The van der Waals surface area contributed by atoms with Gasteiger partial charge in [0.05, 0.1) is 7.11 Å². The number of hydrogen-bond acceptors (Lipinski definition) is 2. The summed E-state index contributed by atoms with van der Waals surface area (Å²) in [5.74, 6) is 0.755. The molecule has 0 heterocycles. The number of rotatable bonds is 2. The number of allylic oxidation sites excluding steroid dienone is 1. The molecular weight excluding hydrogens is 248 g/mol. The lowest BCUT2D eigenvalue weighted by Gasteiger charge is -2.18. The zero-order chi connectivity index (χ0) is 12.7. The van der Waals surface area contributed by atoms with Crippen LogP contribution in [0, 0.1) is 11.8 Å². The molecule has 94 valence electrons. The van der Waals surface area contributed by atoms with Crippen LogP contribution in [0.5, 0.6) is 0 Å². The smallest absolute Gasteiger partial charge is 0.334 e. The van der Waals surface area contributed by atoms with Gasteiger partial charge in [0.2, 0.25) is 0 Å². The molecule has 1 aromatic rings. The molecular formula is C15H15ClO2. The molecule has 1 fully saturated rings. The highest BCUT2D eigenvalue weighted by molar-refractivity contribution is 6.30. The molecule has 1 saturated carbocycles. The fourth-order valence-corrected chi connectivity index (χ4v) is 3.48. The van der Waals surface area contributed by atoms with Crippen LogP contribution in [0.25, 0.3) is 5.57 Å². The van der Waals surface area contributed by atoms with E-state index < -0.39 is 0 Å². The van der Waals surface area contributed by atoms with E-state index in [0.29, 0.717) is 11.8 Å². The van der Waals surface area contributed by atoms with Crippen LogP contribution in [0.1, 0.15) is 24.8 Å². The Labute approximate surface area is 112 Å². The maximum atomic E-state index is 11.9. The van der Waals surface area contributed by atoms with E-state index in [2.05, 4.69) is 0 Å². The third-order valence-electron chi connectivity index (χ3n) is 4.10. The number of benzene rings is 1. The van der Waals surface area contributed by atoms with Gasteiger partial charge in [-0.1, -0.05) is 23.7 Å². The van der Waals surface area contributed by atoms with Crippen molar-refractivity contribution in [1.29, 1.82) is 0 Å². The Morgan fingerprint density at radius 3 is 2.56 bits per heavy atom. The summed E-state index contributed by atoms with van der Waals surface area (Å²) >= 11 is 5.92. The normalized spacial score (nSPS) is 25.7. The first kappa shape index (κ1) is 11.8. The molecule has 2 atom stereocenters. The van der Waals surface area contributed by atoms with E-state index in [-0.39, 0.29) is 5.97 Å². The van der Waals surface area contributed by atoms with Gasteiger partial charge in [0.15, 0.2) is 0 Å². The second kappa shape index (κ2) is 4.43. The van der Waals surface area contributed by atoms with Crippen LogP contribution in [0.2, 0.25) is 5.02 Å². The molecule has 3 heteroatoms. The zero-order valence-corrected chi connectivity index (χ0v) is 11.0. The monoisotopic (exact) mass is 262 g/mol. The number of fused-ring (bicyclic) bond motifs is 2. The van der Waals surface area contributed by atoms with E-state index in [1.54, 1.807) is 0 Å². The summed E-state index contributed by atoms with van der Waals surface area (Å²) in [6.45, 7) is 0. The van der Waals surface area contributed by atoms with Crippen molar-refractivity contribution < 1.29 is 9.53 Å². The van der Waals surface area contributed by atoms with E-state index in [4.69, 9.17) is 16.3 Å². The van der Waals surface area contributed by atoms with Gasteiger partial charge in [0, 0.05) is 10.6 Å². The number of carbonyl (C=O) groups is 1. The van der Waals surface area contributed by atoms with Crippen molar-refractivity contribution in [2.24, 2.45) is 11.8 Å². The molecule has 2 aliphatic rings. The minimum atomic E-state index is -0.160. The van der Waals surface area contributed by atoms with E-state index in [1.807, 2.05) is 24.3 Å². The molecule has 0 amide bonds. The molecule has 0 aliphatic heterocycles. The Morgan fingerprint density at radius 2 is 1.89 bits per heavy atom. The summed E-state index contributed by atoms with van der Waals surface area (Å²) in [6.07, 6.45) is 3.40. The highest BCUT2D eigenvalue weighted by Crippen LogP contribution is 2.52. The Morgan fingerprint density at radius 1 is 1.22 bits per heavy atom. The Kier molecular flexibility index (Phi) is 2.90. The fraction of sp³-hybridized carbons (Fsp3) is 0.400. The lowest BCUT2D eigenvalue weighted by molar-refractivity contribution is -0.136. The lowest BCUT2D eigenvalue weighted by atomic mass is 9.87. The summed E-state index contributed by atoms with van der Waals surface area (Å²) in [6, 6.07) is 7.76. The second-order valence-electron chi connectivity index (χ2n) is 5.03. The number of halogens is 1. The zero-order valence-electron chi connectivity index (χ0n) is 10.3. The van der Waals surface area contributed by atoms with Crippen molar-refractivity contribution in [2.45, 2.75) is 19.3 Å². The van der Waals surface area contributed by atoms with Gasteiger partial charge in [0.25, 0.3) is 0 Å². The van der Waals surface area contributed by atoms with Gasteiger partial charge in [-0.2, -0.15) is 0 Å². The van der Waals surface area contributed by atoms with Crippen molar-refractivity contribution >= 4 is 23.1 Å². The minimum Gasteiger partial charge on any atom is -0.466 e. The van der Waals surface area contributed by atoms with Crippen molar-refractivity contribution in [3.63, 3.8) is 0 Å². The maximum absolute atomic E-state index is 11.9. The predicted molar refractivity (Wildman–Crippen MR) is 71.2 cm³/mol. The van der Waals surface area contributed by atoms with Crippen LogP contribution >= 0.6 is 11.6 Å². The van der Waals surface area contributed by atoms with Gasteiger partial charge in [-0.25, -0.2) is 4.79 Å². The highest BCUT2D eigenvalue weighted by atomic mass is 35.5. The Bertz CT molecular complexity index is 516. The average Bonchev–Trinajstić information content (AvgIpc) is 2.99. The summed E-state index contributed by atoms with van der Waals surface area (Å²) in [4.78, 5) is 11.9. The molecule has 0 radical (unpaired) electrons. The number of carbonyl (C=O) groups excluding carboxylic acids is 1. The molecule has 2 unspecified atom stereocenters. The van der Waals surface area contributed by atoms with Crippen LogP contribution < -0.4 is 0 Å². The van der Waals surface area contributed by atoms with Gasteiger partial charge in [0.1, 0.15) is 0 Å². The molecule has 0 N–H and O–H groups in total. The van der Waals surface area contributed by atoms with E-state index in [0.717, 1.165) is 29.0 Å². The highest BCUT2D eigenvalue weighted by Gasteiger charge is 2.42. The fourth-order valence-electron chi connectivity index (χ4n) is 3.35. The van der Waals surface area contributed by atoms with Gasteiger partial charge in [-0.15, -0.1) is 0 Å². The first-order valence-electron chi connectivity index (χ1n) is 6.29. The van der Waals surface area contributed by atoms with Crippen LogP contribution in [-0.4, -0.2) is 13.1 Å². The molecule has 18 heavy (non-hydrogen) atoms. The van der Waals surface area contributed by atoms with Crippen LogP contribution in [0.3, 0.4) is 0 Å². The van der Waals surface area contributed by atoms with Gasteiger partial charge < -0.3 is 4.74 Å². The molecule has 2 bridgehead atoms. The quantitative estimate of drug-likeness (QED) is 0.760. The van der Waals surface area contributed by atoms with E-state index >= 15 is 0 Å². The van der Waals surface area contributed by atoms with Crippen molar-refractivity contribution in [1.82, 2.24) is 0 Å². The molecule has 1 aromatic carbocycles.